The first-order chi connectivity index (χ1) is 13.1. The first-order valence-corrected chi connectivity index (χ1v) is 8.66. The van der Waals surface area contributed by atoms with Gasteiger partial charge in [0.1, 0.15) is 5.75 Å². The maximum atomic E-state index is 12.3. The first kappa shape index (κ1) is 18.7. The minimum Gasteiger partial charge on any atom is -0.497 e. The fourth-order valence-electron chi connectivity index (χ4n) is 2.96. The molecule has 0 atom stereocenters. The van der Waals surface area contributed by atoms with E-state index in [1.807, 2.05) is 36.4 Å². The summed E-state index contributed by atoms with van der Waals surface area (Å²) in [7, 11) is 3.21. The Balaban J connectivity index is 1.68. The van der Waals surface area contributed by atoms with Crippen LogP contribution in [-0.4, -0.2) is 25.1 Å². The fraction of sp³-hybridized carbons (Fsp3) is 0.238. The molecule has 1 heterocycles. The highest BCUT2D eigenvalue weighted by atomic mass is 16.5. The first-order valence-electron chi connectivity index (χ1n) is 8.66. The van der Waals surface area contributed by atoms with E-state index in [0.717, 1.165) is 22.3 Å². The number of fused-ring (bicyclic) bond motifs is 1. The molecule has 0 spiro atoms. The summed E-state index contributed by atoms with van der Waals surface area (Å²) in [5.41, 5.74) is 3.00. The van der Waals surface area contributed by atoms with Crippen LogP contribution >= 0.6 is 0 Å². The second-order valence-electron chi connectivity index (χ2n) is 6.25. The van der Waals surface area contributed by atoms with Gasteiger partial charge in [0.25, 0.3) is 0 Å². The molecule has 6 heteroatoms. The summed E-state index contributed by atoms with van der Waals surface area (Å²) in [6, 6.07) is 14.6. The Morgan fingerprint density at radius 2 is 1.85 bits per heavy atom. The van der Waals surface area contributed by atoms with Crippen molar-refractivity contribution in [3.8, 4) is 5.75 Å². The zero-order valence-electron chi connectivity index (χ0n) is 15.4. The summed E-state index contributed by atoms with van der Waals surface area (Å²) in [6.45, 7) is 0.355. The Hall–Kier alpha value is -3.12. The number of benzene rings is 2. The van der Waals surface area contributed by atoms with Crippen molar-refractivity contribution in [1.29, 1.82) is 0 Å². The Morgan fingerprint density at radius 1 is 1.07 bits per heavy atom. The number of carbonyl (C=O) groups excluding carboxylic acids is 1. The summed E-state index contributed by atoms with van der Waals surface area (Å²) < 4.78 is 10.3. The molecule has 0 unspecified atom stereocenters. The molecule has 2 aromatic carbocycles. The molecule has 140 valence electrons. The van der Waals surface area contributed by atoms with Gasteiger partial charge < -0.3 is 19.8 Å². The van der Waals surface area contributed by atoms with Gasteiger partial charge in [-0.1, -0.05) is 18.2 Å². The number of carbonyl (C=O) groups is 1. The molecule has 0 aliphatic carbocycles. The van der Waals surface area contributed by atoms with Crippen molar-refractivity contribution < 1.29 is 14.3 Å². The van der Waals surface area contributed by atoms with Crippen molar-refractivity contribution in [2.24, 2.45) is 0 Å². The number of hydrogen-bond acceptors (Lipinski definition) is 4. The second-order valence-corrected chi connectivity index (χ2v) is 6.25. The number of aromatic nitrogens is 1. The second kappa shape index (κ2) is 8.51. The van der Waals surface area contributed by atoms with E-state index in [4.69, 9.17) is 9.47 Å². The van der Waals surface area contributed by atoms with Crippen LogP contribution in [0, 0.1) is 0 Å². The lowest BCUT2D eigenvalue weighted by atomic mass is 10.1. The molecular weight excluding hydrogens is 344 g/mol. The van der Waals surface area contributed by atoms with Gasteiger partial charge in [0.15, 0.2) is 0 Å². The van der Waals surface area contributed by atoms with Crippen LogP contribution in [0.4, 0.5) is 5.69 Å². The zero-order valence-corrected chi connectivity index (χ0v) is 15.4. The number of H-pyrrole nitrogens is 1. The predicted octanol–water partition coefficient (Wildman–Crippen LogP) is 3.25. The normalized spacial score (nSPS) is 10.7. The van der Waals surface area contributed by atoms with Crippen molar-refractivity contribution >= 4 is 22.5 Å². The average molecular weight is 366 g/mol. The number of aryl methyl sites for hydroxylation is 1. The number of amides is 1. The van der Waals surface area contributed by atoms with E-state index >= 15 is 0 Å². The lowest BCUT2D eigenvalue weighted by molar-refractivity contribution is -0.116. The summed E-state index contributed by atoms with van der Waals surface area (Å²) in [5, 5.41) is 3.78. The number of nitrogens with one attached hydrogen (secondary N) is 2. The van der Waals surface area contributed by atoms with Crippen LogP contribution < -0.4 is 15.6 Å². The predicted molar refractivity (Wildman–Crippen MR) is 105 cm³/mol. The van der Waals surface area contributed by atoms with Gasteiger partial charge >= 0.3 is 0 Å². The van der Waals surface area contributed by atoms with Crippen molar-refractivity contribution in [2.45, 2.75) is 19.4 Å². The molecule has 0 bridgehead atoms. The number of ether oxygens (including phenoxy) is 2. The zero-order chi connectivity index (χ0) is 19.2. The fourth-order valence-corrected chi connectivity index (χ4v) is 2.96. The van der Waals surface area contributed by atoms with E-state index in [0.29, 0.717) is 30.7 Å². The lowest BCUT2D eigenvalue weighted by Crippen LogP contribution is -2.13. The molecule has 6 nitrogen and oxygen atoms in total. The Bertz CT molecular complexity index is 993. The molecular formula is C21H22N2O4. The van der Waals surface area contributed by atoms with E-state index in [2.05, 4.69) is 10.3 Å². The standard InChI is InChI=1S/C21H22N2O4/c1-26-13-15-11-21(25)23-19-12-16(6-9-18(15)19)22-20(24)10-5-14-3-7-17(27-2)8-4-14/h3-4,6-9,11-12H,5,10,13H2,1-2H3,(H,22,24)(H,23,25). The van der Waals surface area contributed by atoms with E-state index in [-0.39, 0.29) is 11.5 Å². The minimum atomic E-state index is -0.197. The van der Waals surface area contributed by atoms with Crippen LogP contribution in [-0.2, 0) is 22.6 Å². The largest absolute Gasteiger partial charge is 0.497 e. The van der Waals surface area contributed by atoms with Gasteiger partial charge in [0.05, 0.1) is 19.2 Å². The van der Waals surface area contributed by atoms with E-state index in [1.165, 1.54) is 6.07 Å². The summed E-state index contributed by atoms with van der Waals surface area (Å²) in [5.74, 6) is 0.710. The molecule has 0 aliphatic rings. The van der Waals surface area contributed by atoms with Gasteiger partial charge in [-0.05, 0) is 41.8 Å². The number of hydrogen-bond donors (Lipinski definition) is 2. The monoisotopic (exact) mass is 366 g/mol. The van der Waals surface area contributed by atoms with Crippen LogP contribution in [0.2, 0.25) is 0 Å². The molecule has 0 saturated carbocycles. The van der Waals surface area contributed by atoms with Crippen LogP contribution in [0.25, 0.3) is 10.9 Å². The highest BCUT2D eigenvalue weighted by molar-refractivity contribution is 5.94. The Kier molecular flexibility index (Phi) is 5.88. The van der Waals surface area contributed by atoms with Gasteiger partial charge in [-0.2, -0.15) is 0 Å². The molecule has 0 radical (unpaired) electrons. The number of methoxy groups -OCH3 is 2. The SMILES string of the molecule is COCc1cc(=O)[nH]c2cc(NC(=O)CCc3ccc(OC)cc3)ccc12. The van der Waals surface area contributed by atoms with Gasteiger partial charge in [-0.15, -0.1) is 0 Å². The maximum absolute atomic E-state index is 12.3. The summed E-state index contributed by atoms with van der Waals surface area (Å²) >= 11 is 0. The molecule has 0 fully saturated rings. The van der Waals surface area contributed by atoms with Crippen molar-refractivity contribution in [3.63, 3.8) is 0 Å². The topological polar surface area (TPSA) is 80.4 Å². The number of anilines is 1. The number of pyridine rings is 1. The molecule has 3 aromatic rings. The van der Waals surface area contributed by atoms with Crippen molar-refractivity contribution in [3.05, 3.63) is 70.0 Å². The quantitative estimate of drug-likeness (QED) is 0.673. The molecule has 3 rings (SSSR count). The van der Waals surface area contributed by atoms with Crippen molar-refractivity contribution in [1.82, 2.24) is 4.98 Å². The number of rotatable bonds is 7. The number of aromatic amines is 1. The molecule has 2 N–H and O–H groups in total. The molecule has 1 aromatic heterocycles. The third-order valence-electron chi connectivity index (χ3n) is 4.31. The minimum absolute atomic E-state index is 0.0828. The highest BCUT2D eigenvalue weighted by Gasteiger charge is 2.07. The van der Waals surface area contributed by atoms with Crippen LogP contribution in [0.1, 0.15) is 17.5 Å². The van der Waals surface area contributed by atoms with E-state index in [9.17, 15) is 9.59 Å². The third kappa shape index (κ3) is 4.74. The molecule has 0 saturated heterocycles. The van der Waals surface area contributed by atoms with Gasteiger partial charge in [-0.3, -0.25) is 9.59 Å². The third-order valence-corrected chi connectivity index (χ3v) is 4.31. The Labute approximate surface area is 157 Å². The smallest absolute Gasteiger partial charge is 0.248 e. The molecule has 1 amide bonds. The Morgan fingerprint density at radius 3 is 2.56 bits per heavy atom. The average Bonchev–Trinajstić information content (AvgIpc) is 2.66. The van der Waals surface area contributed by atoms with Crippen LogP contribution in [0.15, 0.2) is 53.3 Å². The van der Waals surface area contributed by atoms with E-state index < -0.39 is 0 Å². The van der Waals surface area contributed by atoms with Crippen molar-refractivity contribution in [2.75, 3.05) is 19.5 Å². The summed E-state index contributed by atoms with van der Waals surface area (Å²) in [6.07, 6.45) is 1.00. The maximum Gasteiger partial charge on any atom is 0.248 e. The van der Waals surface area contributed by atoms with Gasteiger partial charge in [-0.25, -0.2) is 0 Å². The van der Waals surface area contributed by atoms with Crippen LogP contribution in [0.3, 0.4) is 0 Å². The molecule has 0 aliphatic heterocycles. The van der Waals surface area contributed by atoms with E-state index in [1.54, 1.807) is 20.3 Å². The highest BCUT2D eigenvalue weighted by Crippen LogP contribution is 2.20. The lowest BCUT2D eigenvalue weighted by Gasteiger charge is -2.09. The van der Waals surface area contributed by atoms with Crippen LogP contribution in [0.5, 0.6) is 5.75 Å². The summed E-state index contributed by atoms with van der Waals surface area (Å²) in [4.78, 5) is 26.9. The van der Waals surface area contributed by atoms with Gasteiger partial charge in [0, 0.05) is 30.7 Å². The molecule has 27 heavy (non-hydrogen) atoms. The van der Waals surface area contributed by atoms with Gasteiger partial charge in [0.2, 0.25) is 11.5 Å².